The second-order valence-corrected chi connectivity index (χ2v) is 3.24. The highest BCUT2D eigenvalue weighted by atomic mass is 35.5. The fourth-order valence-electron chi connectivity index (χ4n) is 0.874. The van der Waals surface area contributed by atoms with Gasteiger partial charge in [0.2, 0.25) is 0 Å². The molecule has 0 aromatic carbocycles. The van der Waals surface area contributed by atoms with E-state index in [1.165, 1.54) is 6.20 Å². The summed E-state index contributed by atoms with van der Waals surface area (Å²) in [6, 6.07) is 0. The summed E-state index contributed by atoms with van der Waals surface area (Å²) in [6.45, 7) is 4.96. The van der Waals surface area contributed by atoms with Gasteiger partial charge in [-0.3, -0.25) is 9.98 Å². The van der Waals surface area contributed by atoms with E-state index in [9.17, 15) is 0 Å². The van der Waals surface area contributed by atoms with Crippen LogP contribution in [0.1, 0.15) is 6.92 Å². The molecule has 0 aromatic heterocycles. The standard InChI is InChI=1S/C10H16ClN5/c1-7(12)9(6-14-3)16-10(15-4)8(11)5-13-2/h5-6,12,14H,2H2,1,3-4H3,(H,15,16)/b8-5+,9-6+,12-7?. The van der Waals surface area contributed by atoms with Crippen molar-refractivity contribution in [2.45, 2.75) is 6.92 Å². The van der Waals surface area contributed by atoms with Crippen LogP contribution in [0.25, 0.3) is 0 Å². The molecule has 16 heavy (non-hydrogen) atoms. The molecule has 0 aliphatic heterocycles. The van der Waals surface area contributed by atoms with Crippen molar-refractivity contribution in [3.05, 3.63) is 23.1 Å². The zero-order valence-corrected chi connectivity index (χ0v) is 10.4. The third-order valence-electron chi connectivity index (χ3n) is 1.60. The fourth-order valence-corrected chi connectivity index (χ4v) is 1.07. The molecular weight excluding hydrogens is 226 g/mol. The summed E-state index contributed by atoms with van der Waals surface area (Å²) in [5.74, 6) is 0.433. The number of rotatable bonds is 5. The average Bonchev–Trinajstić information content (AvgIpc) is 2.24. The molecule has 0 atom stereocenters. The van der Waals surface area contributed by atoms with Crippen LogP contribution in [-0.2, 0) is 0 Å². The van der Waals surface area contributed by atoms with Gasteiger partial charge in [-0.05, 0) is 13.6 Å². The Bertz CT molecular complexity index is 354. The third-order valence-corrected chi connectivity index (χ3v) is 1.88. The normalized spacial score (nSPS) is 13.4. The molecule has 0 unspecified atom stereocenters. The molecule has 0 aliphatic carbocycles. The molecule has 5 nitrogen and oxygen atoms in total. The van der Waals surface area contributed by atoms with Crippen LogP contribution in [0.5, 0.6) is 0 Å². The third kappa shape index (κ3) is 4.75. The Labute approximate surface area is 101 Å². The molecule has 0 saturated heterocycles. The van der Waals surface area contributed by atoms with E-state index in [0.717, 1.165) is 0 Å². The van der Waals surface area contributed by atoms with Gasteiger partial charge in [-0.15, -0.1) is 0 Å². The van der Waals surface area contributed by atoms with Crippen LogP contribution in [0.3, 0.4) is 0 Å². The lowest BCUT2D eigenvalue weighted by atomic mass is 10.3. The highest BCUT2D eigenvalue weighted by Crippen LogP contribution is 2.04. The molecule has 0 fully saturated rings. The summed E-state index contributed by atoms with van der Waals surface area (Å²) < 4.78 is 0. The van der Waals surface area contributed by atoms with Crippen molar-refractivity contribution in [1.82, 2.24) is 10.6 Å². The van der Waals surface area contributed by atoms with Crippen molar-refractivity contribution in [3.8, 4) is 0 Å². The largest absolute Gasteiger partial charge is 0.392 e. The zero-order chi connectivity index (χ0) is 12.6. The first-order chi connectivity index (χ1) is 7.56. The van der Waals surface area contributed by atoms with Crippen molar-refractivity contribution in [2.24, 2.45) is 9.98 Å². The summed E-state index contributed by atoms with van der Waals surface area (Å²) in [5.41, 5.74) is 0.949. The van der Waals surface area contributed by atoms with Crippen molar-refractivity contribution in [3.63, 3.8) is 0 Å². The van der Waals surface area contributed by atoms with Crippen LogP contribution in [0.4, 0.5) is 0 Å². The van der Waals surface area contributed by atoms with Gasteiger partial charge in [0, 0.05) is 26.5 Å². The Morgan fingerprint density at radius 2 is 2.12 bits per heavy atom. The highest BCUT2D eigenvalue weighted by Gasteiger charge is 2.07. The molecule has 0 spiro atoms. The zero-order valence-electron chi connectivity index (χ0n) is 9.63. The topological polar surface area (TPSA) is 72.6 Å². The van der Waals surface area contributed by atoms with E-state index in [4.69, 9.17) is 17.0 Å². The van der Waals surface area contributed by atoms with Gasteiger partial charge in [-0.2, -0.15) is 0 Å². The van der Waals surface area contributed by atoms with Crippen LogP contribution in [0.15, 0.2) is 33.1 Å². The minimum absolute atomic E-state index is 0.334. The molecule has 0 rings (SSSR count). The average molecular weight is 242 g/mol. The van der Waals surface area contributed by atoms with Gasteiger partial charge in [0.15, 0.2) is 0 Å². The smallest absolute Gasteiger partial charge is 0.145 e. The summed E-state index contributed by atoms with van der Waals surface area (Å²) in [6.07, 6.45) is 3.03. The van der Waals surface area contributed by atoms with E-state index in [1.54, 1.807) is 27.2 Å². The highest BCUT2D eigenvalue weighted by molar-refractivity contribution is 6.43. The summed E-state index contributed by atoms with van der Waals surface area (Å²) >= 11 is 5.91. The number of halogens is 1. The van der Waals surface area contributed by atoms with Gasteiger partial charge >= 0.3 is 0 Å². The Morgan fingerprint density at radius 1 is 1.50 bits per heavy atom. The maximum absolute atomic E-state index is 7.54. The van der Waals surface area contributed by atoms with Gasteiger partial charge in [0.05, 0.1) is 11.4 Å². The van der Waals surface area contributed by atoms with E-state index in [2.05, 4.69) is 27.3 Å². The molecule has 0 amide bonds. The Kier molecular flexibility index (Phi) is 6.87. The molecule has 0 heterocycles. The van der Waals surface area contributed by atoms with Crippen LogP contribution >= 0.6 is 11.6 Å². The molecule has 6 heteroatoms. The summed E-state index contributed by atoms with van der Waals surface area (Å²) in [4.78, 5) is 7.51. The molecule has 0 radical (unpaired) electrons. The Hall–Kier alpha value is -1.62. The molecule has 0 aliphatic rings. The van der Waals surface area contributed by atoms with Gasteiger partial charge in [-0.25, -0.2) is 0 Å². The predicted molar refractivity (Wildman–Crippen MR) is 70.5 cm³/mol. The van der Waals surface area contributed by atoms with Crippen molar-refractivity contribution >= 4 is 29.9 Å². The first-order valence-corrected chi connectivity index (χ1v) is 4.93. The van der Waals surface area contributed by atoms with Crippen LogP contribution in [-0.4, -0.2) is 32.4 Å². The molecule has 0 aromatic rings. The van der Waals surface area contributed by atoms with Crippen molar-refractivity contribution in [2.75, 3.05) is 14.1 Å². The summed E-state index contributed by atoms with van der Waals surface area (Å²) in [7, 11) is 3.34. The first-order valence-electron chi connectivity index (χ1n) is 4.55. The molecular formula is C10H16ClN5. The minimum atomic E-state index is 0.334. The Morgan fingerprint density at radius 3 is 2.50 bits per heavy atom. The van der Waals surface area contributed by atoms with Gasteiger partial charge in [-0.1, -0.05) is 11.6 Å². The second-order valence-electron chi connectivity index (χ2n) is 2.83. The van der Waals surface area contributed by atoms with Crippen molar-refractivity contribution in [1.29, 1.82) is 5.41 Å². The van der Waals surface area contributed by atoms with Crippen molar-refractivity contribution < 1.29 is 0 Å². The molecule has 0 saturated carbocycles. The maximum Gasteiger partial charge on any atom is 0.145 e. The van der Waals surface area contributed by atoms with E-state index in [-0.39, 0.29) is 0 Å². The second kappa shape index (κ2) is 7.64. The maximum atomic E-state index is 7.54. The minimum Gasteiger partial charge on any atom is -0.392 e. The van der Waals surface area contributed by atoms with Crippen LogP contribution in [0, 0.1) is 5.41 Å². The van der Waals surface area contributed by atoms with Crippen LogP contribution in [0.2, 0.25) is 0 Å². The number of aliphatic imine (C=N–C) groups is 2. The number of nitrogens with one attached hydrogen (secondary N) is 3. The quantitative estimate of drug-likeness (QED) is 0.504. The van der Waals surface area contributed by atoms with Crippen LogP contribution < -0.4 is 10.6 Å². The first kappa shape index (κ1) is 14.4. The lowest BCUT2D eigenvalue weighted by molar-refractivity contribution is 1.04. The van der Waals surface area contributed by atoms with E-state index in [1.807, 2.05) is 0 Å². The predicted octanol–water partition coefficient (Wildman–Crippen LogP) is 1.49. The number of allylic oxidation sites excluding steroid dienone is 1. The van der Waals surface area contributed by atoms with Gasteiger partial charge in [0.1, 0.15) is 10.9 Å². The van der Waals surface area contributed by atoms with Gasteiger partial charge in [0.25, 0.3) is 0 Å². The number of amidine groups is 1. The Balaban J connectivity index is 4.92. The summed E-state index contributed by atoms with van der Waals surface area (Å²) in [5, 5.41) is 13.6. The molecule has 88 valence electrons. The number of hydrogen-bond acceptors (Lipinski definition) is 4. The number of nitrogens with zero attached hydrogens (tertiary/aromatic N) is 2. The fraction of sp³-hybridized carbons (Fsp3) is 0.300. The van der Waals surface area contributed by atoms with E-state index < -0.39 is 0 Å². The number of hydrogen-bond donors (Lipinski definition) is 3. The molecule has 0 bridgehead atoms. The monoisotopic (exact) mass is 241 g/mol. The SMILES string of the molecule is C=N/C=C(Cl)\C(=N/C)N/C(=C/NC)C(C)=N. The van der Waals surface area contributed by atoms with E-state index in [0.29, 0.717) is 22.3 Å². The lowest BCUT2D eigenvalue weighted by Crippen LogP contribution is -2.27. The lowest BCUT2D eigenvalue weighted by Gasteiger charge is -2.11. The van der Waals surface area contributed by atoms with Gasteiger partial charge < -0.3 is 16.0 Å². The molecule has 3 N–H and O–H groups in total. The van der Waals surface area contributed by atoms with E-state index >= 15 is 0 Å².